The van der Waals surface area contributed by atoms with Gasteiger partial charge < -0.3 is 9.64 Å². The predicted molar refractivity (Wildman–Crippen MR) is 141 cm³/mol. The van der Waals surface area contributed by atoms with Crippen molar-refractivity contribution in [3.8, 4) is 5.75 Å². The third-order valence-electron chi connectivity index (χ3n) is 8.22. The Morgan fingerprint density at radius 2 is 1.66 bits per heavy atom. The molecular formula is C30H39N3O2. The Labute approximate surface area is 210 Å². The molecule has 3 aliphatic heterocycles. The van der Waals surface area contributed by atoms with Gasteiger partial charge in [-0.25, -0.2) is 4.79 Å². The summed E-state index contributed by atoms with van der Waals surface area (Å²) in [5.41, 5.74) is 8.62. The molecule has 3 heterocycles. The molecule has 0 saturated carbocycles. The SMILES string of the molecule is CCN1C(=O)N2Cc3cc(C)cc(OC)c3[C@@H](C)C=C2C12CCN(Cc1cc(C)cc(C)c1)CC2. The van der Waals surface area contributed by atoms with Gasteiger partial charge in [-0.3, -0.25) is 9.80 Å². The lowest BCUT2D eigenvalue weighted by Gasteiger charge is -2.44. The van der Waals surface area contributed by atoms with Crippen molar-refractivity contribution in [2.45, 2.75) is 72.0 Å². The molecule has 5 rings (SSSR count). The van der Waals surface area contributed by atoms with Crippen LogP contribution < -0.4 is 4.74 Å². The van der Waals surface area contributed by atoms with E-state index in [0.717, 1.165) is 44.8 Å². The van der Waals surface area contributed by atoms with E-state index < -0.39 is 0 Å². The van der Waals surface area contributed by atoms with Crippen molar-refractivity contribution in [2.24, 2.45) is 0 Å². The normalized spacial score (nSPS) is 21.6. The lowest BCUT2D eigenvalue weighted by atomic mass is 9.82. The first kappa shape index (κ1) is 23.9. The molecule has 0 aliphatic carbocycles. The summed E-state index contributed by atoms with van der Waals surface area (Å²) in [6, 6.07) is 11.3. The number of piperidine rings is 1. The number of allylic oxidation sites excluding steroid dienone is 1. The van der Waals surface area contributed by atoms with E-state index in [4.69, 9.17) is 4.74 Å². The highest BCUT2D eigenvalue weighted by Crippen LogP contribution is 2.48. The second-order valence-corrected chi connectivity index (χ2v) is 10.8. The number of benzene rings is 2. The van der Waals surface area contributed by atoms with E-state index in [0.29, 0.717) is 6.54 Å². The molecule has 0 aromatic heterocycles. The summed E-state index contributed by atoms with van der Waals surface area (Å²) in [6.07, 6.45) is 4.30. The summed E-state index contributed by atoms with van der Waals surface area (Å²) in [5.74, 6) is 1.12. The minimum atomic E-state index is -0.219. The molecule has 0 unspecified atom stereocenters. The fraction of sp³-hybridized carbons (Fsp3) is 0.500. The molecule has 0 bridgehead atoms. The number of hydrogen-bond acceptors (Lipinski definition) is 3. The summed E-state index contributed by atoms with van der Waals surface area (Å²) in [6.45, 7) is 15.1. The molecule has 1 atom stereocenters. The van der Waals surface area contributed by atoms with Crippen LogP contribution in [0.2, 0.25) is 0 Å². The van der Waals surface area contributed by atoms with Crippen LogP contribution in [0.15, 0.2) is 42.1 Å². The number of ether oxygens (including phenoxy) is 1. The van der Waals surface area contributed by atoms with Crippen LogP contribution in [0.4, 0.5) is 4.79 Å². The number of nitrogens with zero attached hydrogens (tertiary/aromatic N) is 3. The van der Waals surface area contributed by atoms with Crippen LogP contribution >= 0.6 is 0 Å². The summed E-state index contributed by atoms with van der Waals surface area (Å²) >= 11 is 0. The zero-order valence-electron chi connectivity index (χ0n) is 22.1. The highest BCUT2D eigenvalue weighted by Gasteiger charge is 2.54. The molecule has 2 fully saturated rings. The molecule has 0 N–H and O–H groups in total. The molecule has 5 heteroatoms. The molecule has 0 radical (unpaired) electrons. The molecule has 2 aromatic carbocycles. The van der Waals surface area contributed by atoms with Gasteiger partial charge in [0.2, 0.25) is 0 Å². The molecule has 1 spiro atoms. The zero-order valence-corrected chi connectivity index (χ0v) is 22.1. The van der Waals surface area contributed by atoms with Gasteiger partial charge in [0.25, 0.3) is 0 Å². The Kier molecular flexibility index (Phi) is 6.16. The number of likely N-dealkylation sites (tertiary alicyclic amines) is 1. The molecule has 2 saturated heterocycles. The van der Waals surface area contributed by atoms with Crippen molar-refractivity contribution >= 4 is 6.03 Å². The average molecular weight is 474 g/mol. The van der Waals surface area contributed by atoms with Gasteiger partial charge >= 0.3 is 6.03 Å². The topological polar surface area (TPSA) is 36.0 Å². The summed E-state index contributed by atoms with van der Waals surface area (Å²) in [5, 5.41) is 0. The van der Waals surface area contributed by atoms with E-state index in [1.807, 2.05) is 0 Å². The first-order valence-corrected chi connectivity index (χ1v) is 13.0. The Hall–Kier alpha value is -2.79. The van der Waals surface area contributed by atoms with E-state index in [1.54, 1.807) is 7.11 Å². The number of hydrogen-bond donors (Lipinski definition) is 0. The highest BCUT2D eigenvalue weighted by molar-refractivity contribution is 5.83. The number of carbonyl (C=O) groups is 1. The third-order valence-corrected chi connectivity index (χ3v) is 8.22. The standard InChI is InChI=1S/C30H39N3O2/c1-7-33-29(34)32-19-25-15-22(4)16-26(35-6)28(25)23(5)17-27(32)30(33)8-10-31(11-9-30)18-24-13-20(2)12-21(3)14-24/h12-17,23H,7-11,18-19H2,1-6H3/t23-/m0/s1. The predicted octanol–water partition coefficient (Wildman–Crippen LogP) is 5.91. The minimum absolute atomic E-state index is 0.155. The molecule has 5 nitrogen and oxygen atoms in total. The Morgan fingerprint density at radius 1 is 1.00 bits per heavy atom. The summed E-state index contributed by atoms with van der Waals surface area (Å²) in [4.78, 5) is 20.5. The van der Waals surface area contributed by atoms with Crippen molar-refractivity contribution in [3.05, 3.63) is 75.5 Å². The molecule has 2 aromatic rings. The van der Waals surface area contributed by atoms with Crippen LogP contribution in [-0.2, 0) is 13.1 Å². The van der Waals surface area contributed by atoms with E-state index in [9.17, 15) is 4.79 Å². The largest absolute Gasteiger partial charge is 0.496 e. The number of urea groups is 1. The van der Waals surface area contributed by atoms with Gasteiger partial charge in [-0.2, -0.15) is 0 Å². The number of amides is 2. The molecular weight excluding hydrogens is 434 g/mol. The second kappa shape index (κ2) is 9.02. The number of carbonyl (C=O) groups excluding carboxylic acids is 1. The maximum Gasteiger partial charge on any atom is 0.325 e. The van der Waals surface area contributed by atoms with Gasteiger partial charge in [0, 0.05) is 43.4 Å². The van der Waals surface area contributed by atoms with Crippen LogP contribution in [-0.4, -0.2) is 53.0 Å². The van der Waals surface area contributed by atoms with Crippen molar-refractivity contribution < 1.29 is 9.53 Å². The van der Waals surface area contributed by atoms with Crippen LogP contribution in [0.3, 0.4) is 0 Å². The maximum atomic E-state index is 13.8. The Balaban J connectivity index is 1.45. The van der Waals surface area contributed by atoms with E-state index in [1.165, 1.54) is 39.1 Å². The highest BCUT2D eigenvalue weighted by atomic mass is 16.5. The van der Waals surface area contributed by atoms with E-state index in [2.05, 4.69) is 85.7 Å². The Morgan fingerprint density at radius 3 is 2.29 bits per heavy atom. The second-order valence-electron chi connectivity index (χ2n) is 10.8. The van der Waals surface area contributed by atoms with Gasteiger partial charge in [0.15, 0.2) is 0 Å². The van der Waals surface area contributed by atoms with Gasteiger partial charge in [0.1, 0.15) is 5.75 Å². The van der Waals surface area contributed by atoms with Gasteiger partial charge in [-0.15, -0.1) is 0 Å². The summed E-state index contributed by atoms with van der Waals surface area (Å²) in [7, 11) is 1.75. The molecule has 186 valence electrons. The van der Waals surface area contributed by atoms with Crippen molar-refractivity contribution in [3.63, 3.8) is 0 Å². The monoisotopic (exact) mass is 473 g/mol. The first-order chi connectivity index (χ1) is 16.8. The van der Waals surface area contributed by atoms with Crippen molar-refractivity contribution in [2.75, 3.05) is 26.7 Å². The fourth-order valence-corrected chi connectivity index (χ4v) is 6.83. The summed E-state index contributed by atoms with van der Waals surface area (Å²) < 4.78 is 5.79. The zero-order chi connectivity index (χ0) is 24.9. The van der Waals surface area contributed by atoms with Gasteiger partial charge in [-0.05, 0) is 63.3 Å². The number of aryl methyl sites for hydroxylation is 3. The van der Waals surface area contributed by atoms with Gasteiger partial charge in [-0.1, -0.05) is 48.4 Å². The van der Waals surface area contributed by atoms with Crippen molar-refractivity contribution in [1.82, 2.24) is 14.7 Å². The Bertz CT molecular complexity index is 1160. The van der Waals surface area contributed by atoms with Crippen LogP contribution in [0.25, 0.3) is 0 Å². The van der Waals surface area contributed by atoms with Gasteiger partial charge in [0.05, 0.1) is 19.2 Å². The fourth-order valence-electron chi connectivity index (χ4n) is 6.83. The van der Waals surface area contributed by atoms with E-state index >= 15 is 0 Å². The van der Waals surface area contributed by atoms with E-state index in [-0.39, 0.29) is 17.5 Å². The molecule has 35 heavy (non-hydrogen) atoms. The molecule has 3 aliphatic rings. The number of methoxy groups -OCH3 is 1. The van der Waals surface area contributed by atoms with Crippen LogP contribution in [0.5, 0.6) is 5.75 Å². The quantitative estimate of drug-likeness (QED) is 0.554. The van der Waals surface area contributed by atoms with Crippen LogP contribution in [0, 0.1) is 20.8 Å². The lowest BCUT2D eigenvalue weighted by molar-refractivity contribution is 0.0888. The first-order valence-electron chi connectivity index (χ1n) is 13.0. The van der Waals surface area contributed by atoms with Crippen molar-refractivity contribution in [1.29, 1.82) is 0 Å². The smallest absolute Gasteiger partial charge is 0.325 e. The van der Waals surface area contributed by atoms with Crippen LogP contribution in [0.1, 0.15) is 66.0 Å². The maximum absolute atomic E-state index is 13.8. The third kappa shape index (κ3) is 4.04. The lowest BCUT2D eigenvalue weighted by Crippen LogP contribution is -2.53. The average Bonchev–Trinajstić information content (AvgIpc) is 2.91. The number of fused-ring (bicyclic) bond motifs is 3. The number of likely N-dealkylation sites (N-methyl/N-ethyl adjacent to an activating group) is 1. The number of rotatable bonds is 4. The molecule has 2 amide bonds. The minimum Gasteiger partial charge on any atom is -0.496 e.